The third kappa shape index (κ3) is 3.31. The predicted molar refractivity (Wildman–Crippen MR) is 88.6 cm³/mol. The molecule has 7 heteroatoms. The molecule has 0 unspecified atom stereocenters. The summed E-state index contributed by atoms with van der Waals surface area (Å²) in [6.45, 7) is 2.71. The normalized spacial score (nSPS) is 15.1. The van der Waals surface area contributed by atoms with Gasteiger partial charge in [0.1, 0.15) is 17.3 Å². The molecule has 1 aromatic carbocycles. The van der Waals surface area contributed by atoms with Gasteiger partial charge in [0.15, 0.2) is 9.84 Å². The van der Waals surface area contributed by atoms with E-state index in [2.05, 4.69) is 0 Å². The Morgan fingerprint density at radius 2 is 2.00 bits per heavy atom. The number of carbonyl (C=O) groups is 1. The van der Waals surface area contributed by atoms with Crippen molar-refractivity contribution in [3.63, 3.8) is 0 Å². The maximum Gasteiger partial charge on any atom is 0.257 e. The van der Waals surface area contributed by atoms with Gasteiger partial charge < -0.3 is 14.1 Å². The molecule has 1 saturated heterocycles. The first-order valence-corrected chi connectivity index (χ1v) is 9.48. The lowest BCUT2D eigenvalue weighted by Gasteiger charge is -2.38. The van der Waals surface area contributed by atoms with Crippen molar-refractivity contribution >= 4 is 15.7 Å². The minimum atomic E-state index is -3.33. The van der Waals surface area contributed by atoms with Crippen LogP contribution in [0.1, 0.15) is 23.0 Å². The lowest BCUT2D eigenvalue weighted by Crippen LogP contribution is -2.57. The third-order valence-corrected chi connectivity index (χ3v) is 5.98. The Bertz CT molecular complexity index is 807. The molecule has 0 saturated carbocycles. The molecule has 0 atom stereocenters. The van der Waals surface area contributed by atoms with Crippen molar-refractivity contribution < 1.29 is 22.4 Å². The smallest absolute Gasteiger partial charge is 0.257 e. The molecule has 1 fully saturated rings. The molecular formula is C17H19NO5S. The topological polar surface area (TPSA) is 76.8 Å². The van der Waals surface area contributed by atoms with Crippen LogP contribution >= 0.6 is 0 Å². The maximum atomic E-state index is 12.5. The fourth-order valence-corrected chi connectivity index (χ4v) is 4.25. The number of carbonyl (C=O) groups excluding carboxylic acids is 1. The van der Waals surface area contributed by atoms with E-state index in [0.717, 1.165) is 0 Å². The largest absolute Gasteiger partial charge is 0.493 e. The fraction of sp³-hybridized carbons (Fsp3) is 0.353. The SMILES string of the molecule is CCOc1ccccc1C(=O)N1CC(S(=O)(=O)Cc2ccco2)C1. The molecule has 1 aliphatic rings. The Labute approximate surface area is 140 Å². The molecule has 128 valence electrons. The summed E-state index contributed by atoms with van der Waals surface area (Å²) in [6.07, 6.45) is 1.45. The van der Waals surface area contributed by atoms with Gasteiger partial charge in [-0.15, -0.1) is 0 Å². The van der Waals surface area contributed by atoms with Crippen LogP contribution in [0.4, 0.5) is 0 Å². The Morgan fingerprint density at radius 1 is 1.25 bits per heavy atom. The number of sulfone groups is 1. The molecule has 6 nitrogen and oxygen atoms in total. The third-order valence-electron chi connectivity index (χ3n) is 3.98. The average molecular weight is 349 g/mol. The van der Waals surface area contributed by atoms with Crippen LogP contribution in [0.15, 0.2) is 47.1 Å². The average Bonchev–Trinajstić information content (AvgIpc) is 2.98. The molecule has 2 heterocycles. The Kier molecular flexibility index (Phi) is 4.62. The van der Waals surface area contributed by atoms with Crippen LogP contribution in [0.2, 0.25) is 0 Å². The van der Waals surface area contributed by atoms with E-state index in [-0.39, 0.29) is 24.7 Å². The lowest BCUT2D eigenvalue weighted by atomic mass is 10.1. The number of rotatable bonds is 6. The minimum absolute atomic E-state index is 0.137. The molecule has 1 aliphatic heterocycles. The van der Waals surface area contributed by atoms with Gasteiger partial charge in [-0.25, -0.2) is 8.42 Å². The Balaban J connectivity index is 1.65. The molecule has 24 heavy (non-hydrogen) atoms. The highest BCUT2D eigenvalue weighted by atomic mass is 32.2. The zero-order valence-electron chi connectivity index (χ0n) is 13.3. The number of ether oxygens (including phenoxy) is 1. The Hall–Kier alpha value is -2.28. The first-order chi connectivity index (χ1) is 11.5. The molecular weight excluding hydrogens is 330 g/mol. The zero-order chi connectivity index (χ0) is 17.2. The molecule has 0 bridgehead atoms. The number of nitrogens with zero attached hydrogens (tertiary/aromatic N) is 1. The van der Waals surface area contributed by atoms with E-state index in [1.165, 1.54) is 11.2 Å². The van der Waals surface area contributed by atoms with Crippen LogP contribution in [0.3, 0.4) is 0 Å². The summed E-state index contributed by atoms with van der Waals surface area (Å²) in [7, 11) is -3.33. The summed E-state index contributed by atoms with van der Waals surface area (Å²) in [5.74, 6) is 0.597. The zero-order valence-corrected chi connectivity index (χ0v) is 14.2. The molecule has 0 spiro atoms. The van der Waals surface area contributed by atoms with Crippen molar-refractivity contribution in [2.24, 2.45) is 0 Å². The van der Waals surface area contributed by atoms with Crippen molar-refractivity contribution in [2.75, 3.05) is 19.7 Å². The van der Waals surface area contributed by atoms with Crippen molar-refractivity contribution in [2.45, 2.75) is 17.9 Å². The van der Waals surface area contributed by atoms with E-state index >= 15 is 0 Å². The van der Waals surface area contributed by atoms with Gasteiger partial charge in [0.05, 0.1) is 23.7 Å². The van der Waals surface area contributed by atoms with E-state index in [1.807, 2.05) is 6.92 Å². The minimum Gasteiger partial charge on any atom is -0.493 e. The van der Waals surface area contributed by atoms with Crippen LogP contribution in [-0.4, -0.2) is 44.2 Å². The van der Waals surface area contributed by atoms with E-state index in [4.69, 9.17) is 9.15 Å². The summed E-state index contributed by atoms with van der Waals surface area (Å²) in [4.78, 5) is 14.1. The van der Waals surface area contributed by atoms with Crippen LogP contribution < -0.4 is 4.74 Å². The molecule has 0 N–H and O–H groups in total. The van der Waals surface area contributed by atoms with Gasteiger partial charge in [-0.05, 0) is 31.2 Å². The second-order valence-electron chi connectivity index (χ2n) is 5.65. The first-order valence-electron chi connectivity index (χ1n) is 7.76. The quantitative estimate of drug-likeness (QED) is 0.798. The second-order valence-corrected chi connectivity index (χ2v) is 7.93. The summed E-state index contributed by atoms with van der Waals surface area (Å²) in [5, 5.41) is -0.550. The van der Waals surface area contributed by atoms with Crippen LogP contribution in [0, 0.1) is 0 Å². The van der Waals surface area contributed by atoms with Crippen LogP contribution in [0.5, 0.6) is 5.75 Å². The van der Waals surface area contributed by atoms with Crippen molar-refractivity contribution in [3.8, 4) is 5.75 Å². The molecule has 0 aliphatic carbocycles. The number of furan rings is 1. The number of benzene rings is 1. The molecule has 3 rings (SSSR count). The molecule has 0 radical (unpaired) electrons. The molecule has 1 amide bonds. The Morgan fingerprint density at radius 3 is 2.67 bits per heavy atom. The standard InChI is InChI=1S/C17H19NO5S/c1-2-22-16-8-4-3-7-15(16)17(19)18-10-14(11-18)24(20,21)12-13-6-5-9-23-13/h3-9,14H,2,10-12H2,1H3. The van der Waals surface area contributed by atoms with Crippen molar-refractivity contribution in [3.05, 3.63) is 54.0 Å². The summed E-state index contributed by atoms with van der Waals surface area (Å²) < 4.78 is 35.2. The van der Waals surface area contributed by atoms with E-state index < -0.39 is 15.1 Å². The number of hydrogen-bond acceptors (Lipinski definition) is 5. The monoisotopic (exact) mass is 349 g/mol. The lowest BCUT2D eigenvalue weighted by molar-refractivity contribution is 0.0654. The van der Waals surface area contributed by atoms with Gasteiger partial charge in [0.2, 0.25) is 0 Å². The summed E-state index contributed by atoms with van der Waals surface area (Å²) in [6, 6.07) is 10.3. The highest BCUT2D eigenvalue weighted by Crippen LogP contribution is 2.26. The van der Waals surface area contributed by atoms with E-state index in [9.17, 15) is 13.2 Å². The van der Waals surface area contributed by atoms with E-state index in [1.54, 1.807) is 36.4 Å². The van der Waals surface area contributed by atoms with Crippen LogP contribution in [-0.2, 0) is 15.6 Å². The van der Waals surface area contributed by atoms with Gasteiger partial charge >= 0.3 is 0 Å². The molecule has 1 aromatic heterocycles. The summed E-state index contributed by atoms with van der Waals surface area (Å²) >= 11 is 0. The second kappa shape index (κ2) is 6.68. The highest BCUT2D eigenvalue weighted by Gasteiger charge is 2.40. The number of amides is 1. The number of likely N-dealkylation sites (tertiary alicyclic amines) is 1. The van der Waals surface area contributed by atoms with Gasteiger partial charge in [0, 0.05) is 13.1 Å². The fourth-order valence-electron chi connectivity index (χ4n) is 2.64. The van der Waals surface area contributed by atoms with Gasteiger partial charge in [0.25, 0.3) is 5.91 Å². The van der Waals surface area contributed by atoms with Crippen LogP contribution in [0.25, 0.3) is 0 Å². The van der Waals surface area contributed by atoms with Gasteiger partial charge in [-0.2, -0.15) is 0 Å². The number of para-hydroxylation sites is 1. The van der Waals surface area contributed by atoms with Crippen molar-refractivity contribution in [1.29, 1.82) is 0 Å². The van der Waals surface area contributed by atoms with Crippen molar-refractivity contribution in [1.82, 2.24) is 4.90 Å². The number of hydrogen-bond donors (Lipinski definition) is 0. The van der Waals surface area contributed by atoms with Gasteiger partial charge in [-0.3, -0.25) is 4.79 Å². The van der Waals surface area contributed by atoms with Gasteiger partial charge in [-0.1, -0.05) is 12.1 Å². The first kappa shape index (κ1) is 16.6. The molecule has 2 aromatic rings. The summed E-state index contributed by atoms with van der Waals surface area (Å²) in [5.41, 5.74) is 0.459. The van der Waals surface area contributed by atoms with E-state index in [0.29, 0.717) is 23.7 Å². The highest BCUT2D eigenvalue weighted by molar-refractivity contribution is 7.91. The maximum absolute atomic E-state index is 12.5. The predicted octanol–water partition coefficient (Wildman–Crippen LogP) is 2.12.